The van der Waals surface area contributed by atoms with Crippen LogP contribution in [0.1, 0.15) is 39.7 Å². The summed E-state index contributed by atoms with van der Waals surface area (Å²) in [5.41, 5.74) is 1.19. The molecule has 2 rings (SSSR count). The van der Waals surface area contributed by atoms with Crippen molar-refractivity contribution in [3.63, 3.8) is 0 Å². The quantitative estimate of drug-likeness (QED) is 0.405. The number of nitrogens with one attached hydrogen (secondary N) is 2. The van der Waals surface area contributed by atoms with E-state index < -0.39 is 28.7 Å². The molecule has 0 aliphatic heterocycles. The van der Waals surface area contributed by atoms with Crippen LogP contribution in [-0.2, 0) is 20.8 Å². The Balaban J connectivity index is 2.02. The van der Waals surface area contributed by atoms with Crippen molar-refractivity contribution in [2.75, 3.05) is 0 Å². The second-order valence-corrected chi connectivity index (χ2v) is 9.80. The molecule has 0 fully saturated rings. The molecule has 2 atom stereocenters. The molecule has 168 valence electrons. The first-order chi connectivity index (χ1) is 14.5. The second-order valence-electron chi connectivity index (χ2n) is 8.39. The lowest BCUT2D eigenvalue weighted by molar-refractivity contribution is -0.143. The summed E-state index contributed by atoms with van der Waals surface area (Å²) in [5, 5.41) is 18.2. The molecule has 0 bridgehead atoms. The summed E-state index contributed by atoms with van der Waals surface area (Å²) in [6.07, 6.45) is 2.25. The monoisotopic (exact) mass is 463 g/mol. The Morgan fingerprint density at radius 3 is 2.45 bits per heavy atom. The average molecular weight is 464 g/mol. The Kier molecular flexibility index (Phi) is 8.64. The average Bonchev–Trinajstić information content (AvgIpc) is 3.21. The number of aromatic nitrogens is 1. The van der Waals surface area contributed by atoms with Gasteiger partial charge in [-0.05, 0) is 49.3 Å². The normalized spacial score (nSPS) is 13.5. The molecule has 2 aromatic rings. The fraction of sp³-hybridized carbons (Fsp3) is 0.455. The Labute approximate surface area is 192 Å². The molecule has 31 heavy (non-hydrogen) atoms. The van der Waals surface area contributed by atoms with Crippen LogP contribution in [0.5, 0.6) is 0 Å². The van der Waals surface area contributed by atoms with Crippen molar-refractivity contribution in [3.8, 4) is 11.3 Å². The van der Waals surface area contributed by atoms with E-state index in [9.17, 15) is 19.5 Å². The number of amides is 2. The number of carbonyl (C=O) groups is 3. The lowest BCUT2D eigenvalue weighted by Gasteiger charge is -2.28. The van der Waals surface area contributed by atoms with E-state index >= 15 is 0 Å². The van der Waals surface area contributed by atoms with E-state index in [-0.39, 0.29) is 18.2 Å². The number of thiophene rings is 1. The van der Waals surface area contributed by atoms with Gasteiger partial charge in [-0.25, -0.2) is 4.79 Å². The highest BCUT2D eigenvalue weighted by molar-refractivity contribution is 7.81. The highest BCUT2D eigenvalue weighted by Crippen LogP contribution is 2.20. The lowest BCUT2D eigenvalue weighted by atomic mass is 10.0. The van der Waals surface area contributed by atoms with Gasteiger partial charge in [0.25, 0.3) is 0 Å². The zero-order valence-electron chi connectivity index (χ0n) is 18.1. The van der Waals surface area contributed by atoms with Gasteiger partial charge in [-0.1, -0.05) is 19.9 Å². The van der Waals surface area contributed by atoms with Crippen molar-refractivity contribution in [3.05, 3.63) is 40.7 Å². The lowest BCUT2D eigenvalue weighted by Crippen LogP contribution is -2.59. The van der Waals surface area contributed by atoms with Gasteiger partial charge in [0.15, 0.2) is 0 Å². The highest BCUT2D eigenvalue weighted by Gasteiger charge is 2.34. The van der Waals surface area contributed by atoms with Crippen molar-refractivity contribution < 1.29 is 19.5 Å². The van der Waals surface area contributed by atoms with E-state index in [1.165, 1.54) is 13.8 Å². The molecule has 0 saturated carbocycles. The van der Waals surface area contributed by atoms with Crippen molar-refractivity contribution >= 4 is 41.7 Å². The number of carboxylic acid groups (broad SMARTS) is 1. The third-order valence-corrected chi connectivity index (χ3v) is 5.81. The molecule has 0 radical (unpaired) electrons. The molecule has 0 spiro atoms. The molecule has 2 amide bonds. The fourth-order valence-corrected chi connectivity index (χ4v) is 4.04. The van der Waals surface area contributed by atoms with Crippen molar-refractivity contribution in [2.24, 2.45) is 5.92 Å². The third kappa shape index (κ3) is 7.36. The molecule has 0 aromatic carbocycles. The van der Waals surface area contributed by atoms with Crippen molar-refractivity contribution in [1.29, 1.82) is 0 Å². The van der Waals surface area contributed by atoms with Gasteiger partial charge in [-0.15, -0.1) is 0 Å². The number of thiol groups is 1. The predicted molar refractivity (Wildman–Crippen MR) is 125 cm³/mol. The Morgan fingerprint density at radius 1 is 1.23 bits per heavy atom. The summed E-state index contributed by atoms with van der Waals surface area (Å²) in [4.78, 5) is 41.2. The number of rotatable bonds is 10. The van der Waals surface area contributed by atoms with Crippen LogP contribution in [0.2, 0.25) is 0 Å². The van der Waals surface area contributed by atoms with Crippen LogP contribution in [0.25, 0.3) is 11.3 Å². The maximum Gasteiger partial charge on any atom is 0.326 e. The summed E-state index contributed by atoms with van der Waals surface area (Å²) in [6.45, 7) is 7.03. The number of pyridine rings is 1. The first-order valence-electron chi connectivity index (χ1n) is 10.0. The number of nitrogens with zero attached hydrogens (tertiary/aromatic N) is 1. The summed E-state index contributed by atoms with van der Waals surface area (Å²) in [6, 6.07) is 4.43. The van der Waals surface area contributed by atoms with Gasteiger partial charge in [-0.3, -0.25) is 14.6 Å². The summed E-state index contributed by atoms with van der Waals surface area (Å²) >= 11 is 5.87. The Bertz CT molecular complexity index is 896. The molecule has 0 aliphatic carbocycles. The van der Waals surface area contributed by atoms with Crippen LogP contribution in [0.4, 0.5) is 0 Å². The van der Waals surface area contributed by atoms with Crippen LogP contribution in [0, 0.1) is 5.92 Å². The summed E-state index contributed by atoms with van der Waals surface area (Å²) < 4.78 is 0. The number of carboxylic acids is 1. The standard InChI is InChI=1S/C22H29N3O4S2/c1-13(2)9-18(30)19(26)25-22(3,4)21(29)24-17(20(27)28)10-14-5-6-16(23-11-14)15-7-8-31-12-15/h5-8,11-13,17-18,30H,9-10H2,1-4H3,(H,24,29)(H,25,26)(H,27,28)/t17-,18-/m0/s1. The van der Waals surface area contributed by atoms with E-state index in [1.807, 2.05) is 36.7 Å². The van der Waals surface area contributed by atoms with Gasteiger partial charge in [0, 0.05) is 23.6 Å². The van der Waals surface area contributed by atoms with Crippen LogP contribution in [0.3, 0.4) is 0 Å². The van der Waals surface area contributed by atoms with Crippen LogP contribution in [0.15, 0.2) is 35.2 Å². The predicted octanol–water partition coefficient (Wildman–Crippen LogP) is 3.16. The Morgan fingerprint density at radius 2 is 1.94 bits per heavy atom. The molecule has 0 saturated heterocycles. The maximum atomic E-state index is 12.7. The van der Waals surface area contributed by atoms with E-state index in [0.29, 0.717) is 12.0 Å². The van der Waals surface area contributed by atoms with E-state index in [2.05, 4.69) is 28.2 Å². The van der Waals surface area contributed by atoms with Gasteiger partial charge in [0.1, 0.15) is 11.6 Å². The van der Waals surface area contributed by atoms with Crippen molar-refractivity contribution in [1.82, 2.24) is 15.6 Å². The molecule has 2 heterocycles. The number of carbonyl (C=O) groups excluding carboxylic acids is 2. The van der Waals surface area contributed by atoms with Crippen molar-refractivity contribution in [2.45, 2.75) is 57.4 Å². The molecule has 0 unspecified atom stereocenters. The Hall–Kier alpha value is -2.39. The maximum absolute atomic E-state index is 12.7. The van der Waals surface area contributed by atoms with E-state index in [1.54, 1.807) is 23.6 Å². The fourth-order valence-electron chi connectivity index (χ4n) is 2.90. The molecule has 7 nitrogen and oxygen atoms in total. The van der Waals surface area contributed by atoms with Gasteiger partial charge >= 0.3 is 5.97 Å². The second kappa shape index (κ2) is 10.8. The molecular formula is C22H29N3O4S2. The third-order valence-electron chi connectivity index (χ3n) is 4.69. The van der Waals surface area contributed by atoms with Crippen LogP contribution >= 0.6 is 24.0 Å². The first kappa shape index (κ1) is 24.9. The van der Waals surface area contributed by atoms with Gasteiger partial charge < -0.3 is 15.7 Å². The number of aliphatic carboxylic acids is 1. The summed E-state index contributed by atoms with van der Waals surface area (Å²) in [5.74, 6) is -1.83. The molecule has 0 aliphatic rings. The number of hydrogen-bond acceptors (Lipinski definition) is 6. The molecule has 3 N–H and O–H groups in total. The van der Waals surface area contributed by atoms with Gasteiger partial charge in [0.05, 0.1) is 10.9 Å². The molecule has 2 aromatic heterocycles. The minimum atomic E-state index is -1.29. The van der Waals surface area contributed by atoms with E-state index in [4.69, 9.17) is 0 Å². The number of hydrogen-bond donors (Lipinski definition) is 4. The van der Waals surface area contributed by atoms with Gasteiger partial charge in [-0.2, -0.15) is 24.0 Å². The largest absolute Gasteiger partial charge is 0.480 e. The molecule has 9 heteroatoms. The zero-order valence-corrected chi connectivity index (χ0v) is 19.8. The first-order valence-corrected chi connectivity index (χ1v) is 11.5. The van der Waals surface area contributed by atoms with Crippen LogP contribution in [-0.4, -0.2) is 44.7 Å². The van der Waals surface area contributed by atoms with E-state index in [0.717, 1.165) is 11.3 Å². The minimum Gasteiger partial charge on any atom is -0.480 e. The highest BCUT2D eigenvalue weighted by atomic mass is 32.1. The smallest absolute Gasteiger partial charge is 0.326 e. The molecular weight excluding hydrogens is 434 g/mol. The van der Waals surface area contributed by atoms with Gasteiger partial charge in [0.2, 0.25) is 11.8 Å². The minimum absolute atomic E-state index is 0.0740. The summed E-state index contributed by atoms with van der Waals surface area (Å²) in [7, 11) is 0. The topological polar surface area (TPSA) is 108 Å². The van der Waals surface area contributed by atoms with Crippen LogP contribution < -0.4 is 10.6 Å². The zero-order chi connectivity index (χ0) is 23.2. The SMILES string of the molecule is CC(C)C[C@H](S)C(=O)NC(C)(C)C(=O)N[C@@H](Cc1ccc(-c2ccsc2)nc1)C(=O)O.